The molecule has 0 fully saturated rings. The number of azo groups is 1. The van der Waals surface area contributed by atoms with Gasteiger partial charge < -0.3 is 0 Å². The van der Waals surface area contributed by atoms with Crippen molar-refractivity contribution in [1.29, 1.82) is 0 Å². The summed E-state index contributed by atoms with van der Waals surface area (Å²) in [5, 5.41) is 7.05. The van der Waals surface area contributed by atoms with E-state index in [1.807, 2.05) is 6.08 Å². The lowest BCUT2D eigenvalue weighted by atomic mass is 10.2. The van der Waals surface area contributed by atoms with Gasteiger partial charge in [-0.3, -0.25) is 4.79 Å². The second-order valence-electron chi connectivity index (χ2n) is 1.97. The van der Waals surface area contributed by atoms with Gasteiger partial charge in [0.25, 0.3) is 5.91 Å². The Morgan fingerprint density at radius 2 is 2.33 bits per heavy atom. The Labute approximate surface area is 51.8 Å². The molecule has 1 aliphatic heterocycles. The largest absolute Gasteiger partial charge is 0.297 e. The molecule has 1 amide bonds. The average molecular weight is 120 g/mol. The smallest absolute Gasteiger partial charge is 0.265 e. The fraction of sp³-hybridized carbons (Fsp3) is 0.167. The molecule has 44 valence electrons. The monoisotopic (exact) mass is 120 g/mol. The van der Waals surface area contributed by atoms with Gasteiger partial charge in [-0.1, -0.05) is 12.2 Å². The highest BCUT2D eigenvalue weighted by Gasteiger charge is 2.20. The van der Waals surface area contributed by atoms with E-state index in [4.69, 9.17) is 0 Å². The molecule has 0 bridgehead atoms. The molecule has 0 radical (unpaired) electrons. The standard InChI is InChI=1S/C6H4N2O/c9-6-4-2-1-3-5(4)7-8-6/h1-2H,3H2. The van der Waals surface area contributed by atoms with Crippen LogP contribution in [0.25, 0.3) is 0 Å². The summed E-state index contributed by atoms with van der Waals surface area (Å²) in [5.74, 6) is -0.196. The topological polar surface area (TPSA) is 41.8 Å². The van der Waals surface area contributed by atoms with E-state index in [9.17, 15) is 4.79 Å². The normalized spacial score (nSPS) is 22.0. The molecule has 1 aliphatic carbocycles. The minimum absolute atomic E-state index is 0.196. The minimum atomic E-state index is -0.196. The van der Waals surface area contributed by atoms with Gasteiger partial charge in [0, 0.05) is 6.42 Å². The Kier molecular flexibility index (Phi) is 0.704. The van der Waals surface area contributed by atoms with Crippen molar-refractivity contribution in [2.75, 3.05) is 0 Å². The molecule has 0 aromatic rings. The van der Waals surface area contributed by atoms with E-state index in [-0.39, 0.29) is 5.91 Å². The number of hydrogen-bond donors (Lipinski definition) is 0. The Balaban J connectivity index is 2.52. The van der Waals surface area contributed by atoms with E-state index in [2.05, 4.69) is 10.2 Å². The van der Waals surface area contributed by atoms with Gasteiger partial charge >= 0.3 is 0 Å². The Morgan fingerprint density at radius 3 is 3.11 bits per heavy atom. The van der Waals surface area contributed by atoms with Crippen LogP contribution in [0.15, 0.2) is 33.7 Å². The van der Waals surface area contributed by atoms with Gasteiger partial charge in [0.1, 0.15) is 0 Å². The molecule has 0 saturated heterocycles. The molecule has 0 aromatic heterocycles. The first-order valence-electron chi connectivity index (χ1n) is 2.74. The molecule has 9 heavy (non-hydrogen) atoms. The van der Waals surface area contributed by atoms with Crippen LogP contribution in [0.2, 0.25) is 0 Å². The Morgan fingerprint density at radius 1 is 1.44 bits per heavy atom. The van der Waals surface area contributed by atoms with Gasteiger partial charge in [-0.05, 0) is 0 Å². The van der Waals surface area contributed by atoms with Crippen LogP contribution < -0.4 is 0 Å². The van der Waals surface area contributed by atoms with Crippen LogP contribution in [0, 0.1) is 0 Å². The maximum atomic E-state index is 10.7. The van der Waals surface area contributed by atoms with Crippen molar-refractivity contribution in [2.24, 2.45) is 10.2 Å². The molecule has 0 atom stereocenters. The van der Waals surface area contributed by atoms with E-state index in [1.165, 1.54) is 0 Å². The summed E-state index contributed by atoms with van der Waals surface area (Å²) >= 11 is 0. The van der Waals surface area contributed by atoms with Crippen LogP contribution in [-0.2, 0) is 4.79 Å². The van der Waals surface area contributed by atoms with Crippen LogP contribution in [0.3, 0.4) is 0 Å². The Hall–Kier alpha value is -1.25. The molecule has 0 saturated carbocycles. The maximum Gasteiger partial charge on any atom is 0.297 e. The van der Waals surface area contributed by atoms with Crippen LogP contribution in [-0.4, -0.2) is 5.91 Å². The molecule has 2 rings (SSSR count). The molecular weight excluding hydrogens is 116 g/mol. The number of amides is 1. The molecule has 0 aromatic carbocycles. The van der Waals surface area contributed by atoms with E-state index < -0.39 is 0 Å². The zero-order chi connectivity index (χ0) is 6.27. The lowest BCUT2D eigenvalue weighted by Crippen LogP contribution is -1.88. The summed E-state index contributed by atoms with van der Waals surface area (Å²) in [7, 11) is 0. The first kappa shape index (κ1) is 4.61. The second-order valence-corrected chi connectivity index (χ2v) is 1.97. The predicted octanol–water partition coefficient (Wildman–Crippen LogP) is 1.19. The van der Waals surface area contributed by atoms with Gasteiger partial charge in [-0.15, -0.1) is 5.11 Å². The van der Waals surface area contributed by atoms with E-state index in [1.54, 1.807) is 6.08 Å². The van der Waals surface area contributed by atoms with Crippen molar-refractivity contribution in [3.05, 3.63) is 23.4 Å². The van der Waals surface area contributed by atoms with Gasteiger partial charge in [-0.2, -0.15) is 5.11 Å². The van der Waals surface area contributed by atoms with Gasteiger partial charge in [-0.25, -0.2) is 0 Å². The molecule has 1 heterocycles. The minimum Gasteiger partial charge on any atom is -0.265 e. The number of rotatable bonds is 0. The molecule has 2 aliphatic rings. The van der Waals surface area contributed by atoms with Crippen LogP contribution in [0.1, 0.15) is 6.42 Å². The highest BCUT2D eigenvalue weighted by atomic mass is 16.2. The molecule has 3 heteroatoms. The predicted molar refractivity (Wildman–Crippen MR) is 30.6 cm³/mol. The van der Waals surface area contributed by atoms with Crippen molar-refractivity contribution in [3.8, 4) is 0 Å². The van der Waals surface area contributed by atoms with E-state index in [0.717, 1.165) is 12.1 Å². The number of hydrogen-bond acceptors (Lipinski definition) is 2. The number of carbonyl (C=O) groups is 1. The molecule has 0 spiro atoms. The third kappa shape index (κ3) is 0.483. The van der Waals surface area contributed by atoms with Crippen molar-refractivity contribution >= 4 is 5.91 Å². The number of allylic oxidation sites excluding steroid dienone is 1. The summed E-state index contributed by atoms with van der Waals surface area (Å²) in [5.41, 5.74) is 1.50. The van der Waals surface area contributed by atoms with E-state index in [0.29, 0.717) is 5.57 Å². The first-order chi connectivity index (χ1) is 4.38. The summed E-state index contributed by atoms with van der Waals surface area (Å²) < 4.78 is 0. The van der Waals surface area contributed by atoms with Gasteiger partial charge in [0.2, 0.25) is 0 Å². The highest BCUT2D eigenvalue weighted by molar-refractivity contribution is 5.99. The first-order valence-corrected chi connectivity index (χ1v) is 2.74. The second kappa shape index (κ2) is 1.37. The van der Waals surface area contributed by atoms with Crippen LogP contribution >= 0.6 is 0 Å². The molecular formula is C6H4N2O. The van der Waals surface area contributed by atoms with Crippen molar-refractivity contribution in [3.63, 3.8) is 0 Å². The van der Waals surface area contributed by atoms with Crippen molar-refractivity contribution in [1.82, 2.24) is 0 Å². The zero-order valence-electron chi connectivity index (χ0n) is 4.66. The third-order valence-electron chi connectivity index (χ3n) is 1.40. The molecule has 0 unspecified atom stereocenters. The van der Waals surface area contributed by atoms with Gasteiger partial charge in [0.15, 0.2) is 0 Å². The maximum absolute atomic E-state index is 10.7. The lowest BCUT2D eigenvalue weighted by Gasteiger charge is -1.80. The van der Waals surface area contributed by atoms with Crippen LogP contribution in [0.5, 0.6) is 0 Å². The zero-order valence-corrected chi connectivity index (χ0v) is 4.66. The van der Waals surface area contributed by atoms with Crippen LogP contribution in [0.4, 0.5) is 0 Å². The third-order valence-corrected chi connectivity index (χ3v) is 1.40. The summed E-state index contributed by atoms with van der Waals surface area (Å²) in [6.07, 6.45) is 4.46. The average Bonchev–Trinajstić information content (AvgIpc) is 2.35. The quantitative estimate of drug-likeness (QED) is 0.473. The Bertz CT molecular complexity index is 260. The van der Waals surface area contributed by atoms with Gasteiger partial charge in [0.05, 0.1) is 11.3 Å². The summed E-state index contributed by atoms with van der Waals surface area (Å²) in [6.45, 7) is 0. The highest BCUT2D eigenvalue weighted by Crippen LogP contribution is 2.25. The van der Waals surface area contributed by atoms with Crippen molar-refractivity contribution < 1.29 is 4.79 Å². The summed E-state index contributed by atoms with van der Waals surface area (Å²) in [4.78, 5) is 10.7. The van der Waals surface area contributed by atoms with E-state index >= 15 is 0 Å². The molecule has 0 N–H and O–H groups in total. The summed E-state index contributed by atoms with van der Waals surface area (Å²) in [6, 6.07) is 0. The number of carbonyl (C=O) groups excluding carboxylic acids is 1. The fourth-order valence-corrected chi connectivity index (χ4v) is 0.944. The van der Waals surface area contributed by atoms with Crippen molar-refractivity contribution in [2.45, 2.75) is 6.42 Å². The lowest BCUT2D eigenvalue weighted by molar-refractivity contribution is -0.114. The fourth-order valence-electron chi connectivity index (χ4n) is 0.944. The SMILES string of the molecule is O=C1N=NC2=C1C=CC2. The number of nitrogens with zero attached hydrogens (tertiary/aromatic N) is 2. The molecule has 3 nitrogen and oxygen atoms in total.